The van der Waals surface area contributed by atoms with Crippen LogP contribution in [0.25, 0.3) is 0 Å². The van der Waals surface area contributed by atoms with Crippen LogP contribution >= 0.6 is 0 Å². The Morgan fingerprint density at radius 3 is 2.79 bits per heavy atom. The standard InChI is InChI=1S/C13H16F2N2O2/c14-12(15)11(18)7-17-13(19)10-5-8-3-1-2-4-9(8)6-16-10/h1-4,10-12,16,18H,5-7H2,(H,17,19)/t10-,11?/m1/s1. The Morgan fingerprint density at radius 1 is 1.42 bits per heavy atom. The number of benzene rings is 1. The van der Waals surface area contributed by atoms with Crippen molar-refractivity contribution in [2.45, 2.75) is 31.5 Å². The molecule has 1 heterocycles. The van der Waals surface area contributed by atoms with Gasteiger partial charge in [-0.05, 0) is 17.5 Å². The fraction of sp³-hybridized carbons (Fsp3) is 0.462. The minimum atomic E-state index is -2.85. The Labute approximate surface area is 109 Å². The van der Waals surface area contributed by atoms with Crippen molar-refractivity contribution in [3.63, 3.8) is 0 Å². The van der Waals surface area contributed by atoms with E-state index in [0.717, 1.165) is 11.1 Å². The Morgan fingerprint density at radius 2 is 2.11 bits per heavy atom. The zero-order valence-electron chi connectivity index (χ0n) is 10.3. The average molecular weight is 270 g/mol. The number of halogens is 2. The molecule has 0 bridgehead atoms. The molecular formula is C13H16F2N2O2. The highest BCUT2D eigenvalue weighted by atomic mass is 19.3. The van der Waals surface area contributed by atoms with Gasteiger partial charge in [0.1, 0.15) is 6.10 Å². The van der Waals surface area contributed by atoms with Gasteiger partial charge in [0.2, 0.25) is 5.91 Å². The lowest BCUT2D eigenvalue weighted by Gasteiger charge is -2.25. The average Bonchev–Trinajstić information content (AvgIpc) is 2.43. The summed E-state index contributed by atoms with van der Waals surface area (Å²) in [6, 6.07) is 7.32. The maximum absolute atomic E-state index is 12.1. The Kier molecular flexibility index (Phi) is 4.44. The summed E-state index contributed by atoms with van der Waals surface area (Å²) >= 11 is 0. The first-order chi connectivity index (χ1) is 9.08. The van der Waals surface area contributed by atoms with E-state index in [1.807, 2.05) is 24.3 Å². The second kappa shape index (κ2) is 6.08. The maximum Gasteiger partial charge on any atom is 0.265 e. The van der Waals surface area contributed by atoms with Gasteiger partial charge in [-0.3, -0.25) is 4.79 Å². The first-order valence-corrected chi connectivity index (χ1v) is 6.12. The van der Waals surface area contributed by atoms with E-state index in [9.17, 15) is 13.6 Å². The number of hydrogen-bond acceptors (Lipinski definition) is 3. The van der Waals surface area contributed by atoms with Gasteiger partial charge in [-0.1, -0.05) is 24.3 Å². The largest absolute Gasteiger partial charge is 0.385 e. The minimum Gasteiger partial charge on any atom is -0.385 e. The molecule has 0 fully saturated rings. The molecule has 0 saturated carbocycles. The third-order valence-corrected chi connectivity index (χ3v) is 3.17. The summed E-state index contributed by atoms with van der Waals surface area (Å²) in [7, 11) is 0. The van der Waals surface area contributed by atoms with Crippen molar-refractivity contribution in [2.75, 3.05) is 6.54 Å². The van der Waals surface area contributed by atoms with E-state index in [1.54, 1.807) is 0 Å². The van der Waals surface area contributed by atoms with Gasteiger partial charge in [0.15, 0.2) is 0 Å². The summed E-state index contributed by atoms with van der Waals surface area (Å²) in [5.74, 6) is -0.366. The fourth-order valence-electron chi connectivity index (χ4n) is 2.06. The van der Waals surface area contributed by atoms with Crippen molar-refractivity contribution in [2.24, 2.45) is 0 Å². The fourth-order valence-corrected chi connectivity index (χ4v) is 2.06. The van der Waals surface area contributed by atoms with Gasteiger partial charge >= 0.3 is 0 Å². The SMILES string of the molecule is O=C(NCC(O)C(F)F)[C@H]1Cc2ccccc2CN1. The van der Waals surface area contributed by atoms with E-state index >= 15 is 0 Å². The highest BCUT2D eigenvalue weighted by molar-refractivity contribution is 5.82. The lowest BCUT2D eigenvalue weighted by molar-refractivity contribution is -0.124. The molecule has 104 valence electrons. The minimum absolute atomic E-state index is 0.366. The van der Waals surface area contributed by atoms with Gasteiger partial charge in [0.05, 0.1) is 6.04 Å². The molecule has 0 radical (unpaired) electrons. The Hall–Kier alpha value is -1.53. The molecule has 0 aromatic heterocycles. The monoisotopic (exact) mass is 270 g/mol. The zero-order valence-corrected chi connectivity index (χ0v) is 10.3. The first kappa shape index (κ1) is 13.9. The normalized spacial score (nSPS) is 19.9. The molecule has 0 aliphatic carbocycles. The van der Waals surface area contributed by atoms with Crippen molar-refractivity contribution < 1.29 is 18.7 Å². The second-order valence-electron chi connectivity index (χ2n) is 4.55. The molecule has 4 nitrogen and oxygen atoms in total. The predicted molar refractivity (Wildman–Crippen MR) is 65.8 cm³/mol. The third-order valence-electron chi connectivity index (χ3n) is 3.17. The quantitative estimate of drug-likeness (QED) is 0.744. The molecule has 1 aliphatic heterocycles. The molecule has 19 heavy (non-hydrogen) atoms. The van der Waals surface area contributed by atoms with Gasteiger partial charge in [0.25, 0.3) is 6.43 Å². The lowest BCUT2D eigenvalue weighted by atomic mass is 9.95. The molecule has 1 unspecified atom stereocenters. The molecule has 1 aliphatic rings. The first-order valence-electron chi connectivity index (χ1n) is 6.12. The number of fused-ring (bicyclic) bond motifs is 1. The molecule has 2 atom stereocenters. The molecule has 3 N–H and O–H groups in total. The van der Waals surface area contributed by atoms with Crippen LogP contribution in [0.1, 0.15) is 11.1 Å². The van der Waals surface area contributed by atoms with Crippen molar-refractivity contribution in [3.05, 3.63) is 35.4 Å². The molecule has 0 spiro atoms. The van der Waals surface area contributed by atoms with Crippen LogP contribution in [-0.4, -0.2) is 36.1 Å². The van der Waals surface area contributed by atoms with Crippen LogP contribution in [-0.2, 0) is 17.8 Å². The number of alkyl halides is 2. The summed E-state index contributed by atoms with van der Waals surface area (Å²) in [6.45, 7) is 0.141. The molecule has 1 aromatic carbocycles. The molecule has 2 rings (SSSR count). The smallest absolute Gasteiger partial charge is 0.265 e. The lowest BCUT2D eigenvalue weighted by Crippen LogP contribution is -2.49. The number of carbonyl (C=O) groups excluding carboxylic acids is 1. The van der Waals surface area contributed by atoms with E-state index in [4.69, 9.17) is 5.11 Å². The van der Waals surface area contributed by atoms with Crippen LogP contribution in [0.2, 0.25) is 0 Å². The molecular weight excluding hydrogens is 254 g/mol. The van der Waals surface area contributed by atoms with E-state index in [-0.39, 0.29) is 5.91 Å². The third kappa shape index (κ3) is 3.48. The molecule has 6 heteroatoms. The van der Waals surface area contributed by atoms with Crippen molar-refractivity contribution >= 4 is 5.91 Å². The second-order valence-corrected chi connectivity index (χ2v) is 4.55. The number of aliphatic hydroxyl groups is 1. The van der Waals surface area contributed by atoms with Crippen molar-refractivity contribution in [1.82, 2.24) is 10.6 Å². The number of nitrogens with one attached hydrogen (secondary N) is 2. The molecule has 0 saturated heterocycles. The summed E-state index contributed by atoms with van der Waals surface area (Å²) in [4.78, 5) is 11.8. The van der Waals surface area contributed by atoms with Gasteiger partial charge in [0, 0.05) is 13.1 Å². The highest BCUT2D eigenvalue weighted by Gasteiger charge is 2.25. The number of carbonyl (C=O) groups is 1. The summed E-state index contributed by atoms with van der Waals surface area (Å²) < 4.78 is 24.2. The zero-order chi connectivity index (χ0) is 13.8. The number of amides is 1. The van der Waals surface area contributed by atoms with Crippen LogP contribution in [0, 0.1) is 0 Å². The van der Waals surface area contributed by atoms with Crippen LogP contribution < -0.4 is 10.6 Å². The summed E-state index contributed by atoms with van der Waals surface area (Å²) in [5.41, 5.74) is 2.22. The van der Waals surface area contributed by atoms with E-state index in [1.165, 1.54) is 0 Å². The van der Waals surface area contributed by atoms with Crippen molar-refractivity contribution in [3.8, 4) is 0 Å². The van der Waals surface area contributed by atoms with Crippen LogP contribution in [0.15, 0.2) is 24.3 Å². The van der Waals surface area contributed by atoms with E-state index < -0.39 is 25.1 Å². The maximum atomic E-state index is 12.1. The Bertz CT molecular complexity index is 454. The summed E-state index contributed by atoms with van der Waals surface area (Å²) in [5, 5.41) is 14.3. The number of hydrogen-bond donors (Lipinski definition) is 3. The van der Waals surface area contributed by atoms with Crippen LogP contribution in [0.3, 0.4) is 0 Å². The van der Waals surface area contributed by atoms with Gasteiger partial charge in [-0.2, -0.15) is 0 Å². The topological polar surface area (TPSA) is 61.4 Å². The molecule has 1 aromatic rings. The van der Waals surface area contributed by atoms with Gasteiger partial charge in [-0.25, -0.2) is 8.78 Å². The van der Waals surface area contributed by atoms with Crippen LogP contribution in [0.4, 0.5) is 8.78 Å². The number of aliphatic hydroxyl groups excluding tert-OH is 1. The summed E-state index contributed by atoms with van der Waals surface area (Å²) in [6.07, 6.45) is -4.15. The van der Waals surface area contributed by atoms with Gasteiger partial charge < -0.3 is 15.7 Å². The highest BCUT2D eigenvalue weighted by Crippen LogP contribution is 2.16. The predicted octanol–water partition coefficient (Wildman–Crippen LogP) is 0.443. The van der Waals surface area contributed by atoms with Gasteiger partial charge in [-0.15, -0.1) is 0 Å². The van der Waals surface area contributed by atoms with E-state index in [0.29, 0.717) is 13.0 Å². The molecule has 1 amide bonds. The number of rotatable bonds is 4. The van der Waals surface area contributed by atoms with Crippen molar-refractivity contribution in [1.29, 1.82) is 0 Å². The Balaban J connectivity index is 1.89. The van der Waals surface area contributed by atoms with Crippen LogP contribution in [0.5, 0.6) is 0 Å². The van der Waals surface area contributed by atoms with E-state index in [2.05, 4.69) is 10.6 Å².